The van der Waals surface area contributed by atoms with Gasteiger partial charge in [0.2, 0.25) is 5.91 Å². The molecule has 2 unspecified atom stereocenters. The van der Waals surface area contributed by atoms with Crippen molar-refractivity contribution in [2.75, 3.05) is 39.3 Å². The lowest BCUT2D eigenvalue weighted by Gasteiger charge is -2.31. The van der Waals surface area contributed by atoms with Crippen molar-refractivity contribution in [3.8, 4) is 0 Å². The van der Waals surface area contributed by atoms with E-state index in [1.54, 1.807) is 6.08 Å². The van der Waals surface area contributed by atoms with Crippen LogP contribution in [0, 0.1) is 0 Å². The number of rotatable bonds is 12. The summed E-state index contributed by atoms with van der Waals surface area (Å²) in [5.41, 5.74) is 5.01. The Morgan fingerprint density at radius 3 is 2.29 bits per heavy atom. The molecule has 2 aliphatic heterocycles. The lowest BCUT2D eigenvalue weighted by atomic mass is 9.90. The molecule has 2 N–H and O–H groups in total. The molecule has 2 heterocycles. The largest absolute Gasteiger partial charge is 0.350 e. The van der Waals surface area contributed by atoms with E-state index >= 15 is 0 Å². The molecule has 0 spiro atoms. The molecule has 6 nitrogen and oxygen atoms in total. The summed E-state index contributed by atoms with van der Waals surface area (Å²) in [4.78, 5) is 32.0. The van der Waals surface area contributed by atoms with E-state index in [0.717, 1.165) is 43.6 Å². The Morgan fingerprint density at radius 1 is 0.956 bits per heavy atom. The van der Waals surface area contributed by atoms with Gasteiger partial charge in [0.05, 0.1) is 6.04 Å². The van der Waals surface area contributed by atoms with Gasteiger partial charge in [-0.1, -0.05) is 98.0 Å². The zero-order chi connectivity index (χ0) is 31.4. The molecule has 2 atom stereocenters. The number of allylic oxidation sites excluding steroid dienone is 1. The number of nitrogens with zero attached hydrogens (tertiary/aromatic N) is 2. The van der Waals surface area contributed by atoms with Gasteiger partial charge in [-0.05, 0) is 80.1 Å². The van der Waals surface area contributed by atoms with E-state index in [-0.39, 0.29) is 29.8 Å². The standard InChI is InChI=1S/C39H48N4O2/c1-3-14-33-27-34(20-19-30(33)4-2)38(44)40-28-35-21-26-43(39(45)37(41-35)22-25-42-23-12-7-13-24-42)29-36(31-15-8-5-9-16-31)32-17-10-6-11-18-32/h3-6,8-11,14-20,27,35-37,41H,2,7,12-13,21-26,28-29H2,1H3,(H,40,44)/b14-3-. The maximum Gasteiger partial charge on any atom is 0.251 e. The number of likely N-dealkylation sites (tertiary alicyclic amines) is 1. The lowest BCUT2D eigenvalue weighted by Crippen LogP contribution is -2.50. The number of amides is 2. The molecule has 5 rings (SSSR count). The number of piperidine rings is 1. The molecule has 45 heavy (non-hydrogen) atoms. The van der Waals surface area contributed by atoms with Crippen LogP contribution in [0.1, 0.15) is 77.6 Å². The van der Waals surface area contributed by atoms with Gasteiger partial charge in [0, 0.05) is 43.7 Å². The summed E-state index contributed by atoms with van der Waals surface area (Å²) < 4.78 is 0. The Balaban J connectivity index is 1.32. The van der Waals surface area contributed by atoms with Crippen LogP contribution in [-0.2, 0) is 4.79 Å². The second kappa shape index (κ2) is 16.4. The summed E-state index contributed by atoms with van der Waals surface area (Å²) in [5, 5.41) is 6.85. The predicted molar refractivity (Wildman–Crippen MR) is 185 cm³/mol. The van der Waals surface area contributed by atoms with Gasteiger partial charge < -0.3 is 20.4 Å². The van der Waals surface area contributed by atoms with Crippen molar-refractivity contribution in [1.29, 1.82) is 0 Å². The summed E-state index contributed by atoms with van der Waals surface area (Å²) in [7, 11) is 0. The number of benzene rings is 3. The van der Waals surface area contributed by atoms with Crippen molar-refractivity contribution in [3.63, 3.8) is 0 Å². The molecule has 2 fully saturated rings. The molecular formula is C39H48N4O2. The normalized spacial score (nSPS) is 19.5. The highest BCUT2D eigenvalue weighted by molar-refractivity contribution is 5.95. The molecule has 2 aliphatic rings. The van der Waals surface area contributed by atoms with E-state index < -0.39 is 0 Å². The SMILES string of the molecule is C=Cc1ccc(C(=O)NCC2CCN(CC(c3ccccc3)c3ccccc3)C(=O)C(CCN3CCCCC3)N2)cc1/C=C\C. The Hall–Kier alpha value is -4.00. The third-order valence-corrected chi connectivity index (χ3v) is 9.21. The second-order valence-corrected chi connectivity index (χ2v) is 12.3. The highest BCUT2D eigenvalue weighted by Gasteiger charge is 2.33. The minimum absolute atomic E-state index is 0.0105. The van der Waals surface area contributed by atoms with E-state index in [4.69, 9.17) is 0 Å². The van der Waals surface area contributed by atoms with Crippen LogP contribution in [0.2, 0.25) is 0 Å². The van der Waals surface area contributed by atoms with E-state index in [1.165, 1.54) is 30.4 Å². The van der Waals surface area contributed by atoms with Gasteiger partial charge in [0.15, 0.2) is 0 Å². The summed E-state index contributed by atoms with van der Waals surface area (Å²) >= 11 is 0. The van der Waals surface area contributed by atoms with Crippen LogP contribution in [0.25, 0.3) is 12.2 Å². The molecule has 6 heteroatoms. The molecule has 0 aromatic heterocycles. The Labute approximate surface area is 269 Å². The van der Waals surface area contributed by atoms with E-state index in [2.05, 4.69) is 75.5 Å². The minimum atomic E-state index is -0.295. The summed E-state index contributed by atoms with van der Waals surface area (Å²) in [6, 6.07) is 26.4. The van der Waals surface area contributed by atoms with Crippen LogP contribution in [0.3, 0.4) is 0 Å². The molecule has 3 aromatic rings. The maximum absolute atomic E-state index is 14.2. The lowest BCUT2D eigenvalue weighted by molar-refractivity contribution is -0.133. The van der Waals surface area contributed by atoms with Gasteiger partial charge in [-0.2, -0.15) is 0 Å². The van der Waals surface area contributed by atoms with Gasteiger partial charge in [0.1, 0.15) is 0 Å². The summed E-state index contributed by atoms with van der Waals surface area (Å²) in [6.07, 6.45) is 11.0. The first-order valence-corrected chi connectivity index (χ1v) is 16.6. The smallest absolute Gasteiger partial charge is 0.251 e. The third kappa shape index (κ3) is 8.80. The maximum atomic E-state index is 14.2. The Morgan fingerprint density at radius 2 is 1.64 bits per heavy atom. The fourth-order valence-electron chi connectivity index (χ4n) is 6.66. The first kappa shape index (κ1) is 32.4. The summed E-state index contributed by atoms with van der Waals surface area (Å²) in [6.45, 7) is 10.7. The topological polar surface area (TPSA) is 64.7 Å². The highest BCUT2D eigenvalue weighted by atomic mass is 16.2. The molecule has 0 radical (unpaired) electrons. The van der Waals surface area contributed by atoms with Crippen LogP contribution < -0.4 is 10.6 Å². The average molecular weight is 605 g/mol. The Kier molecular flexibility index (Phi) is 11.8. The predicted octanol–water partition coefficient (Wildman–Crippen LogP) is 6.36. The molecule has 236 valence electrons. The molecule has 0 bridgehead atoms. The van der Waals surface area contributed by atoms with Crippen molar-refractivity contribution in [2.24, 2.45) is 0 Å². The molecule has 3 aromatic carbocycles. The van der Waals surface area contributed by atoms with E-state index in [0.29, 0.717) is 25.2 Å². The van der Waals surface area contributed by atoms with Crippen molar-refractivity contribution in [3.05, 3.63) is 119 Å². The molecule has 0 aliphatic carbocycles. The molecule has 2 amide bonds. The van der Waals surface area contributed by atoms with Crippen LogP contribution in [0.4, 0.5) is 0 Å². The van der Waals surface area contributed by atoms with Crippen molar-refractivity contribution < 1.29 is 9.59 Å². The number of hydrogen-bond donors (Lipinski definition) is 2. The van der Waals surface area contributed by atoms with Gasteiger partial charge in [0.25, 0.3) is 5.91 Å². The fourth-order valence-corrected chi connectivity index (χ4v) is 6.66. The zero-order valence-corrected chi connectivity index (χ0v) is 26.7. The second-order valence-electron chi connectivity index (χ2n) is 12.3. The quantitative estimate of drug-likeness (QED) is 0.253. The Bertz CT molecular complexity index is 1390. The van der Waals surface area contributed by atoms with Crippen molar-refractivity contribution in [2.45, 2.75) is 57.0 Å². The van der Waals surface area contributed by atoms with Gasteiger partial charge in [-0.25, -0.2) is 0 Å². The molecule has 2 saturated heterocycles. The van der Waals surface area contributed by atoms with E-state index in [9.17, 15) is 9.59 Å². The zero-order valence-electron chi connectivity index (χ0n) is 26.7. The minimum Gasteiger partial charge on any atom is -0.350 e. The first-order valence-electron chi connectivity index (χ1n) is 16.6. The van der Waals surface area contributed by atoms with Crippen LogP contribution >= 0.6 is 0 Å². The molecule has 0 saturated carbocycles. The van der Waals surface area contributed by atoms with Crippen LogP contribution in [0.5, 0.6) is 0 Å². The third-order valence-electron chi connectivity index (χ3n) is 9.21. The highest BCUT2D eigenvalue weighted by Crippen LogP contribution is 2.27. The molecular weight excluding hydrogens is 556 g/mol. The number of carbonyl (C=O) groups excluding carboxylic acids is 2. The average Bonchev–Trinajstić information content (AvgIpc) is 3.24. The van der Waals surface area contributed by atoms with Crippen molar-refractivity contribution in [1.82, 2.24) is 20.4 Å². The van der Waals surface area contributed by atoms with E-state index in [1.807, 2.05) is 49.4 Å². The number of carbonyl (C=O) groups is 2. The van der Waals surface area contributed by atoms with Gasteiger partial charge in [-0.15, -0.1) is 0 Å². The monoisotopic (exact) mass is 604 g/mol. The summed E-state index contributed by atoms with van der Waals surface area (Å²) in [5.74, 6) is 0.137. The van der Waals surface area contributed by atoms with Gasteiger partial charge in [-0.3, -0.25) is 9.59 Å². The van der Waals surface area contributed by atoms with Crippen molar-refractivity contribution >= 4 is 24.0 Å². The van der Waals surface area contributed by atoms with Gasteiger partial charge >= 0.3 is 0 Å². The number of hydrogen-bond acceptors (Lipinski definition) is 4. The van der Waals surface area contributed by atoms with Crippen LogP contribution in [-0.4, -0.2) is 73.0 Å². The first-order chi connectivity index (χ1) is 22.1. The van der Waals surface area contributed by atoms with Crippen LogP contribution in [0.15, 0.2) is 91.5 Å². The fraction of sp³-hybridized carbons (Fsp3) is 0.385. The number of nitrogens with one attached hydrogen (secondary N) is 2.